The fourth-order valence-electron chi connectivity index (χ4n) is 4.46. The van der Waals surface area contributed by atoms with Crippen LogP contribution in [0, 0.1) is 11.8 Å². The van der Waals surface area contributed by atoms with Crippen LogP contribution in [0.2, 0.25) is 0 Å². The maximum Gasteiger partial charge on any atom is 0.203 e. The normalized spacial score (nSPS) is 35.0. The molecule has 1 unspecified atom stereocenters. The third-order valence-electron chi connectivity index (χ3n) is 5.85. The third kappa shape index (κ3) is 3.44. The molecule has 1 aromatic rings. The van der Waals surface area contributed by atoms with E-state index in [-0.39, 0.29) is 18.1 Å². The van der Waals surface area contributed by atoms with E-state index in [2.05, 4.69) is 6.92 Å². The van der Waals surface area contributed by atoms with Gasteiger partial charge in [-0.15, -0.1) is 0 Å². The number of ether oxygens (including phenoxy) is 4. The summed E-state index contributed by atoms with van der Waals surface area (Å²) in [5, 5.41) is 11.1. The van der Waals surface area contributed by atoms with Crippen molar-refractivity contribution in [3.63, 3.8) is 0 Å². The summed E-state index contributed by atoms with van der Waals surface area (Å²) in [7, 11) is 4.81. The maximum atomic E-state index is 11.1. The molecule has 0 bridgehead atoms. The minimum atomic E-state index is -0.728. The van der Waals surface area contributed by atoms with Crippen LogP contribution in [0.3, 0.4) is 0 Å². The number of hydrogen-bond donors (Lipinski definition) is 1. The highest BCUT2D eigenvalue weighted by Gasteiger charge is 2.48. The molecular weight excluding hydrogens is 320 g/mol. The third-order valence-corrected chi connectivity index (χ3v) is 5.85. The van der Waals surface area contributed by atoms with E-state index in [1.165, 1.54) is 0 Å². The van der Waals surface area contributed by atoms with E-state index < -0.39 is 5.60 Å². The number of fused-ring (bicyclic) bond motifs is 1. The summed E-state index contributed by atoms with van der Waals surface area (Å²) >= 11 is 0. The lowest BCUT2D eigenvalue weighted by Gasteiger charge is -2.49. The van der Waals surface area contributed by atoms with Gasteiger partial charge in [-0.1, -0.05) is 13.3 Å². The Balaban J connectivity index is 1.93. The molecule has 0 amide bonds. The van der Waals surface area contributed by atoms with Crippen LogP contribution in [0.5, 0.6) is 17.2 Å². The van der Waals surface area contributed by atoms with Crippen LogP contribution in [0.25, 0.3) is 0 Å². The molecular formula is C20H30O5. The maximum absolute atomic E-state index is 11.1. The molecule has 1 N–H and O–H groups in total. The Morgan fingerprint density at radius 2 is 1.72 bits per heavy atom. The molecule has 25 heavy (non-hydrogen) atoms. The summed E-state index contributed by atoms with van der Waals surface area (Å²) in [6, 6.07) is 3.85. The Morgan fingerprint density at radius 3 is 2.28 bits per heavy atom. The molecule has 1 heterocycles. The Morgan fingerprint density at radius 1 is 1.08 bits per heavy atom. The molecule has 1 aliphatic heterocycles. The van der Waals surface area contributed by atoms with Crippen molar-refractivity contribution in [3.8, 4) is 17.2 Å². The second-order valence-electron chi connectivity index (χ2n) is 7.71. The molecule has 1 saturated heterocycles. The van der Waals surface area contributed by atoms with E-state index in [4.69, 9.17) is 18.9 Å². The molecule has 5 nitrogen and oxygen atoms in total. The van der Waals surface area contributed by atoms with E-state index in [9.17, 15) is 5.11 Å². The van der Waals surface area contributed by atoms with Gasteiger partial charge in [0.15, 0.2) is 11.5 Å². The van der Waals surface area contributed by atoms with Crippen molar-refractivity contribution in [1.82, 2.24) is 0 Å². The van der Waals surface area contributed by atoms with Crippen LogP contribution in [0.1, 0.15) is 51.2 Å². The van der Waals surface area contributed by atoms with E-state index in [1.807, 2.05) is 19.1 Å². The lowest BCUT2D eigenvalue weighted by molar-refractivity contribution is -0.197. The number of hydrogen-bond acceptors (Lipinski definition) is 5. The quantitative estimate of drug-likeness (QED) is 0.897. The first-order valence-corrected chi connectivity index (χ1v) is 9.07. The standard InChI is InChI=1S/C20H30O5/c1-12-6-7-14-15(8-12)25-18(11-20(14,2)21)13-9-16(22-3)19(24-5)17(10-13)23-4/h9-10,12,14-15,18,21H,6-8,11H2,1-5H3/t12-,14-,15-,18-,20?/m1/s1. The summed E-state index contributed by atoms with van der Waals surface area (Å²) < 4.78 is 22.8. The molecule has 1 aromatic carbocycles. The predicted octanol–water partition coefficient (Wildman–Crippen LogP) is 3.73. The van der Waals surface area contributed by atoms with Gasteiger partial charge in [0, 0.05) is 12.3 Å². The van der Waals surface area contributed by atoms with Crippen molar-refractivity contribution in [2.24, 2.45) is 11.8 Å². The Bertz CT molecular complexity index is 587. The zero-order valence-corrected chi connectivity index (χ0v) is 15.9. The van der Waals surface area contributed by atoms with E-state index >= 15 is 0 Å². The zero-order valence-electron chi connectivity index (χ0n) is 15.9. The summed E-state index contributed by atoms with van der Waals surface area (Å²) in [5.41, 5.74) is 0.222. The van der Waals surface area contributed by atoms with Crippen LogP contribution >= 0.6 is 0 Å². The van der Waals surface area contributed by atoms with Crippen molar-refractivity contribution in [3.05, 3.63) is 17.7 Å². The van der Waals surface area contributed by atoms with Gasteiger partial charge >= 0.3 is 0 Å². The molecule has 0 spiro atoms. The molecule has 1 aliphatic carbocycles. The van der Waals surface area contributed by atoms with Crippen molar-refractivity contribution >= 4 is 0 Å². The second-order valence-corrected chi connectivity index (χ2v) is 7.71. The lowest BCUT2D eigenvalue weighted by atomic mass is 9.68. The second kappa shape index (κ2) is 7.04. The van der Waals surface area contributed by atoms with Gasteiger partial charge in [-0.05, 0) is 43.4 Å². The first-order chi connectivity index (χ1) is 11.9. The molecule has 0 aromatic heterocycles. The molecule has 3 rings (SSSR count). The Kier molecular flexibility index (Phi) is 5.16. The van der Waals surface area contributed by atoms with Crippen LogP contribution < -0.4 is 14.2 Å². The minimum absolute atomic E-state index is 0.0941. The lowest BCUT2D eigenvalue weighted by Crippen LogP contribution is -2.51. The van der Waals surface area contributed by atoms with E-state index in [1.54, 1.807) is 21.3 Å². The van der Waals surface area contributed by atoms with Gasteiger partial charge in [0.25, 0.3) is 0 Å². The number of benzene rings is 1. The van der Waals surface area contributed by atoms with Gasteiger partial charge in [-0.2, -0.15) is 0 Å². The van der Waals surface area contributed by atoms with Gasteiger partial charge < -0.3 is 24.1 Å². The Labute approximate surface area is 150 Å². The fraction of sp³-hybridized carbons (Fsp3) is 0.700. The number of methoxy groups -OCH3 is 3. The fourth-order valence-corrected chi connectivity index (χ4v) is 4.46. The molecule has 5 heteroatoms. The predicted molar refractivity (Wildman–Crippen MR) is 95.5 cm³/mol. The highest BCUT2D eigenvalue weighted by atomic mass is 16.5. The Hall–Kier alpha value is -1.46. The SMILES string of the molecule is COc1cc([C@H]2CC(C)(O)[C@@H]3CC[C@@H](C)C[C@H]3O2)cc(OC)c1OC. The van der Waals surface area contributed by atoms with Crippen molar-refractivity contribution in [2.75, 3.05) is 21.3 Å². The van der Waals surface area contributed by atoms with Gasteiger partial charge in [0.2, 0.25) is 5.75 Å². The van der Waals surface area contributed by atoms with E-state index in [0.29, 0.717) is 29.6 Å². The molecule has 5 atom stereocenters. The van der Waals surface area contributed by atoms with Crippen LogP contribution in [-0.2, 0) is 4.74 Å². The molecule has 140 valence electrons. The zero-order chi connectivity index (χ0) is 18.2. The van der Waals surface area contributed by atoms with Gasteiger partial charge in [0.05, 0.1) is 39.1 Å². The summed E-state index contributed by atoms with van der Waals surface area (Å²) in [6.07, 6.45) is 3.67. The van der Waals surface area contributed by atoms with Gasteiger partial charge in [-0.25, -0.2) is 0 Å². The van der Waals surface area contributed by atoms with Gasteiger partial charge in [-0.3, -0.25) is 0 Å². The van der Waals surface area contributed by atoms with Crippen molar-refractivity contribution < 1.29 is 24.1 Å². The number of aliphatic hydroxyl groups is 1. The molecule has 0 radical (unpaired) electrons. The largest absolute Gasteiger partial charge is 0.493 e. The highest BCUT2D eigenvalue weighted by Crippen LogP contribution is 2.49. The number of rotatable bonds is 4. The minimum Gasteiger partial charge on any atom is -0.493 e. The first-order valence-electron chi connectivity index (χ1n) is 9.07. The smallest absolute Gasteiger partial charge is 0.203 e. The monoisotopic (exact) mass is 350 g/mol. The highest BCUT2D eigenvalue weighted by molar-refractivity contribution is 5.54. The average Bonchev–Trinajstić information content (AvgIpc) is 2.59. The first kappa shape index (κ1) is 18.3. The average molecular weight is 350 g/mol. The molecule has 1 saturated carbocycles. The van der Waals surface area contributed by atoms with Crippen LogP contribution in [-0.4, -0.2) is 38.1 Å². The van der Waals surface area contributed by atoms with Gasteiger partial charge in [0.1, 0.15) is 0 Å². The summed E-state index contributed by atoms with van der Waals surface area (Å²) in [5.74, 6) is 2.64. The summed E-state index contributed by atoms with van der Waals surface area (Å²) in [4.78, 5) is 0. The molecule has 2 fully saturated rings. The van der Waals surface area contributed by atoms with Crippen molar-refractivity contribution in [2.45, 2.75) is 57.3 Å². The van der Waals surface area contributed by atoms with Crippen molar-refractivity contribution in [1.29, 1.82) is 0 Å². The van der Waals surface area contributed by atoms with Crippen LogP contribution in [0.4, 0.5) is 0 Å². The summed E-state index contributed by atoms with van der Waals surface area (Å²) in [6.45, 7) is 4.21. The molecule has 2 aliphatic rings. The van der Waals surface area contributed by atoms with E-state index in [0.717, 1.165) is 24.8 Å². The topological polar surface area (TPSA) is 57.2 Å². The van der Waals surface area contributed by atoms with Crippen LogP contribution in [0.15, 0.2) is 12.1 Å².